The fourth-order valence-electron chi connectivity index (χ4n) is 1.79. The van der Waals surface area contributed by atoms with E-state index in [1.54, 1.807) is 25.1 Å². The molecule has 7 nitrogen and oxygen atoms in total. The second-order valence-electron chi connectivity index (χ2n) is 5.08. The van der Waals surface area contributed by atoms with Gasteiger partial charge in [0.1, 0.15) is 11.5 Å². The first-order chi connectivity index (χ1) is 11.0. The van der Waals surface area contributed by atoms with E-state index < -0.39 is 5.97 Å². The van der Waals surface area contributed by atoms with Crippen molar-refractivity contribution in [3.8, 4) is 11.5 Å². The van der Waals surface area contributed by atoms with Crippen molar-refractivity contribution in [2.24, 2.45) is 17.5 Å². The van der Waals surface area contributed by atoms with Gasteiger partial charge in [-0.1, -0.05) is 11.6 Å². The minimum Gasteiger partial charge on any atom is -0.493 e. The number of nitrogens with two attached hydrogens (primary N) is 2. The molecule has 1 aliphatic carbocycles. The molecule has 1 aromatic rings. The van der Waals surface area contributed by atoms with Crippen LogP contribution in [0.15, 0.2) is 29.8 Å². The maximum atomic E-state index is 11.7. The zero-order valence-corrected chi connectivity index (χ0v) is 13.6. The van der Waals surface area contributed by atoms with Crippen LogP contribution < -0.4 is 26.5 Å². The molecule has 1 aliphatic rings. The number of hydrogen-bond acceptors (Lipinski definition) is 7. The molecule has 8 heteroatoms. The number of carbonyl (C=O) groups excluding carboxylic acids is 1. The third kappa shape index (κ3) is 5.22. The lowest BCUT2D eigenvalue weighted by atomic mass is 10.3. The molecule has 5 N–H and O–H groups in total. The molecule has 0 amide bonds. The average Bonchev–Trinajstić information content (AvgIpc) is 3.29. The highest BCUT2D eigenvalue weighted by molar-refractivity contribution is 6.30. The van der Waals surface area contributed by atoms with E-state index in [0.29, 0.717) is 29.0 Å². The highest BCUT2D eigenvalue weighted by Gasteiger charge is 2.22. The first kappa shape index (κ1) is 17.2. The molecule has 0 aromatic heterocycles. The Hall–Kier alpha value is -2.12. The summed E-state index contributed by atoms with van der Waals surface area (Å²) in [5, 5.41) is 0.430. The molecule has 0 radical (unpaired) electrons. The second kappa shape index (κ2) is 7.94. The topological polar surface area (TPSA) is 109 Å². The fourth-order valence-corrected chi connectivity index (χ4v) is 2.00. The molecule has 0 saturated heterocycles. The lowest BCUT2D eigenvalue weighted by Crippen LogP contribution is -2.32. The lowest BCUT2D eigenvalue weighted by molar-refractivity contribution is -0.139. The van der Waals surface area contributed by atoms with Crippen LogP contribution >= 0.6 is 11.6 Å². The van der Waals surface area contributed by atoms with Gasteiger partial charge >= 0.3 is 5.97 Å². The summed E-state index contributed by atoms with van der Waals surface area (Å²) < 4.78 is 15.9. The Bertz CT molecular complexity index is 602. The van der Waals surface area contributed by atoms with Gasteiger partial charge in [0, 0.05) is 11.1 Å². The van der Waals surface area contributed by atoms with Gasteiger partial charge in [0.25, 0.3) is 0 Å². The van der Waals surface area contributed by atoms with Gasteiger partial charge < -0.3 is 25.4 Å². The summed E-state index contributed by atoms with van der Waals surface area (Å²) in [4.78, 5) is 11.7. The van der Waals surface area contributed by atoms with Crippen molar-refractivity contribution in [3.05, 3.63) is 34.8 Å². The number of carbonyl (C=O) groups is 1. The van der Waals surface area contributed by atoms with Crippen LogP contribution in [0.25, 0.3) is 0 Å². The van der Waals surface area contributed by atoms with Crippen molar-refractivity contribution in [1.82, 2.24) is 5.43 Å². The Labute approximate surface area is 139 Å². The maximum Gasteiger partial charge on any atom is 0.361 e. The van der Waals surface area contributed by atoms with Crippen molar-refractivity contribution < 1.29 is 19.0 Å². The standard InChI is InChI=1S/C15H20ClN3O4/c1-2-21-15(20)13(19-18)14(17)23-12-6-10(16)5-11(7-12)22-8-9-3-4-9/h5-7,9,19H,2-4,8,17-18H2,1H3/b14-13+. The summed E-state index contributed by atoms with van der Waals surface area (Å²) >= 11 is 6.04. The van der Waals surface area contributed by atoms with E-state index in [9.17, 15) is 4.79 Å². The zero-order chi connectivity index (χ0) is 16.8. The number of nitrogens with one attached hydrogen (secondary N) is 1. The van der Waals surface area contributed by atoms with Gasteiger partial charge in [0.15, 0.2) is 5.70 Å². The van der Waals surface area contributed by atoms with Crippen LogP contribution in [0, 0.1) is 5.92 Å². The van der Waals surface area contributed by atoms with Gasteiger partial charge in [0.2, 0.25) is 5.88 Å². The normalized spacial score (nSPS) is 14.7. The smallest absolute Gasteiger partial charge is 0.361 e. The third-order valence-corrected chi connectivity index (χ3v) is 3.34. The fraction of sp³-hybridized carbons (Fsp3) is 0.400. The largest absolute Gasteiger partial charge is 0.493 e. The van der Waals surface area contributed by atoms with Crippen molar-refractivity contribution >= 4 is 17.6 Å². The highest BCUT2D eigenvalue weighted by atomic mass is 35.5. The van der Waals surface area contributed by atoms with Gasteiger partial charge in [0.05, 0.1) is 13.2 Å². The number of benzene rings is 1. The van der Waals surface area contributed by atoms with Gasteiger partial charge in [-0.3, -0.25) is 5.84 Å². The Morgan fingerprint density at radius 2 is 2.04 bits per heavy atom. The molecule has 0 spiro atoms. The lowest BCUT2D eigenvalue weighted by Gasteiger charge is -2.13. The summed E-state index contributed by atoms with van der Waals surface area (Å²) in [6, 6.07) is 4.88. The molecule has 0 heterocycles. The number of hydrazine groups is 1. The SMILES string of the molecule is CCOC(=O)/C(NN)=C(/N)Oc1cc(Cl)cc(OCC2CC2)c1. The Balaban J connectivity index is 2.11. The molecule has 0 atom stereocenters. The molecule has 2 rings (SSSR count). The minimum atomic E-state index is -0.709. The first-order valence-electron chi connectivity index (χ1n) is 7.28. The van der Waals surface area contributed by atoms with Gasteiger partial charge in [-0.05, 0) is 37.8 Å². The quantitative estimate of drug-likeness (QED) is 0.217. The van der Waals surface area contributed by atoms with E-state index in [1.807, 2.05) is 0 Å². The third-order valence-electron chi connectivity index (χ3n) is 3.13. The van der Waals surface area contributed by atoms with E-state index >= 15 is 0 Å². The van der Waals surface area contributed by atoms with E-state index in [4.69, 9.17) is 37.4 Å². The van der Waals surface area contributed by atoms with E-state index in [2.05, 4.69) is 5.43 Å². The van der Waals surface area contributed by atoms with E-state index in [1.165, 1.54) is 12.8 Å². The predicted molar refractivity (Wildman–Crippen MR) is 85.5 cm³/mol. The molecular weight excluding hydrogens is 322 g/mol. The number of hydrogen-bond donors (Lipinski definition) is 3. The second-order valence-corrected chi connectivity index (χ2v) is 5.52. The monoisotopic (exact) mass is 341 g/mol. The number of halogens is 1. The number of rotatable bonds is 8. The summed E-state index contributed by atoms with van der Waals surface area (Å²) in [5.74, 6) is 5.87. The predicted octanol–water partition coefficient (Wildman–Crippen LogP) is 1.66. The molecule has 1 aromatic carbocycles. The van der Waals surface area contributed by atoms with E-state index in [-0.39, 0.29) is 18.2 Å². The zero-order valence-electron chi connectivity index (χ0n) is 12.8. The summed E-state index contributed by atoms with van der Waals surface area (Å²) in [6.07, 6.45) is 2.37. The average molecular weight is 342 g/mol. The molecule has 0 unspecified atom stereocenters. The molecule has 126 valence electrons. The van der Waals surface area contributed by atoms with Gasteiger partial charge in [-0.25, -0.2) is 4.79 Å². The summed E-state index contributed by atoms with van der Waals surface area (Å²) in [5.41, 5.74) is 7.76. The van der Waals surface area contributed by atoms with Crippen LogP contribution in [0.4, 0.5) is 0 Å². The Morgan fingerprint density at radius 3 is 2.65 bits per heavy atom. The highest BCUT2D eigenvalue weighted by Crippen LogP contribution is 2.32. The van der Waals surface area contributed by atoms with Crippen molar-refractivity contribution in [3.63, 3.8) is 0 Å². The number of ether oxygens (including phenoxy) is 3. The van der Waals surface area contributed by atoms with Crippen molar-refractivity contribution in [1.29, 1.82) is 0 Å². The van der Waals surface area contributed by atoms with E-state index in [0.717, 1.165) is 0 Å². The molecule has 1 fully saturated rings. The maximum absolute atomic E-state index is 11.7. The molecule has 1 saturated carbocycles. The molecule has 0 bridgehead atoms. The van der Waals surface area contributed by atoms with Crippen LogP contribution in [-0.2, 0) is 9.53 Å². The van der Waals surface area contributed by atoms with Crippen LogP contribution in [0.3, 0.4) is 0 Å². The van der Waals surface area contributed by atoms with Crippen LogP contribution in [0.1, 0.15) is 19.8 Å². The summed E-state index contributed by atoms with van der Waals surface area (Å²) in [6.45, 7) is 2.50. The summed E-state index contributed by atoms with van der Waals surface area (Å²) in [7, 11) is 0. The molecular formula is C15H20ClN3O4. The Kier molecular flexibility index (Phi) is 5.95. The van der Waals surface area contributed by atoms with Crippen LogP contribution in [0.5, 0.6) is 11.5 Å². The van der Waals surface area contributed by atoms with Crippen molar-refractivity contribution in [2.75, 3.05) is 13.2 Å². The Morgan fingerprint density at radius 1 is 1.35 bits per heavy atom. The van der Waals surface area contributed by atoms with Gasteiger partial charge in [-0.15, -0.1) is 0 Å². The van der Waals surface area contributed by atoms with Crippen LogP contribution in [0.2, 0.25) is 5.02 Å². The van der Waals surface area contributed by atoms with Crippen LogP contribution in [-0.4, -0.2) is 19.2 Å². The van der Waals surface area contributed by atoms with Crippen molar-refractivity contribution in [2.45, 2.75) is 19.8 Å². The number of esters is 1. The molecule has 0 aliphatic heterocycles. The first-order valence-corrected chi connectivity index (χ1v) is 7.66. The van der Waals surface area contributed by atoms with Gasteiger partial charge in [-0.2, -0.15) is 0 Å². The molecule has 23 heavy (non-hydrogen) atoms. The minimum absolute atomic E-state index is 0.174.